The lowest BCUT2D eigenvalue weighted by Crippen LogP contribution is -2.14. The summed E-state index contributed by atoms with van der Waals surface area (Å²) in [5, 5.41) is 4.10. The van der Waals surface area contributed by atoms with Gasteiger partial charge in [-0.05, 0) is 13.8 Å². The van der Waals surface area contributed by atoms with Crippen LogP contribution in [0.4, 0.5) is 0 Å². The average Bonchev–Trinajstić information content (AvgIpc) is 2.81. The third-order valence-electron chi connectivity index (χ3n) is 4.78. The Labute approximate surface area is 188 Å². The Morgan fingerprint density at radius 2 is 1.16 bits per heavy atom. The van der Waals surface area contributed by atoms with Crippen molar-refractivity contribution >= 4 is 27.5 Å². The summed E-state index contributed by atoms with van der Waals surface area (Å²) < 4.78 is 28.1. The highest BCUT2D eigenvalue weighted by Crippen LogP contribution is 2.42. The molecule has 0 unspecified atom stereocenters. The van der Waals surface area contributed by atoms with Crippen molar-refractivity contribution in [3.63, 3.8) is 0 Å². The molecule has 6 heteroatoms. The van der Waals surface area contributed by atoms with E-state index in [-0.39, 0.29) is 6.61 Å². The molecule has 170 valence electrons. The summed E-state index contributed by atoms with van der Waals surface area (Å²) in [6, 6.07) is 16.2. The van der Waals surface area contributed by atoms with Crippen LogP contribution >= 0.6 is 0 Å². The van der Waals surface area contributed by atoms with Crippen molar-refractivity contribution in [2.45, 2.75) is 13.8 Å². The molecule has 0 radical (unpaired) electrons. The van der Waals surface area contributed by atoms with E-state index in [4.69, 9.17) is 23.7 Å². The Morgan fingerprint density at radius 3 is 1.62 bits per heavy atom. The number of benzene rings is 3. The number of hydrogen-bond donors (Lipinski definition) is 0. The predicted molar refractivity (Wildman–Crippen MR) is 126 cm³/mol. The minimum absolute atomic E-state index is 0.201. The number of hydrogen-bond acceptors (Lipinski definition) is 6. The molecule has 0 heterocycles. The maximum Gasteiger partial charge on any atom is 0.333 e. The van der Waals surface area contributed by atoms with E-state index >= 15 is 0 Å². The Hall–Kier alpha value is -3.09. The first-order chi connectivity index (χ1) is 15.6. The van der Waals surface area contributed by atoms with Crippen LogP contribution in [0.1, 0.15) is 13.8 Å². The molecule has 0 atom stereocenters. The van der Waals surface area contributed by atoms with E-state index in [2.05, 4.69) is 30.8 Å². The van der Waals surface area contributed by atoms with Crippen LogP contribution in [0.15, 0.2) is 60.7 Å². The van der Waals surface area contributed by atoms with Crippen molar-refractivity contribution in [2.24, 2.45) is 0 Å². The third kappa shape index (κ3) is 5.99. The molecule has 3 rings (SSSR count). The summed E-state index contributed by atoms with van der Waals surface area (Å²) in [7, 11) is 0. The lowest BCUT2D eigenvalue weighted by molar-refractivity contribution is -0.140. The van der Waals surface area contributed by atoms with Crippen molar-refractivity contribution in [3.8, 4) is 11.5 Å². The highest BCUT2D eigenvalue weighted by molar-refractivity contribution is 6.11. The van der Waals surface area contributed by atoms with Gasteiger partial charge >= 0.3 is 5.97 Å². The highest BCUT2D eigenvalue weighted by atomic mass is 16.6. The minimum atomic E-state index is -0.406. The van der Waals surface area contributed by atoms with Gasteiger partial charge in [0.05, 0.1) is 33.0 Å². The van der Waals surface area contributed by atoms with Gasteiger partial charge in [-0.1, -0.05) is 55.1 Å². The van der Waals surface area contributed by atoms with E-state index in [9.17, 15) is 4.79 Å². The molecule has 0 saturated carbocycles. The zero-order valence-electron chi connectivity index (χ0n) is 18.7. The molecule has 0 N–H and O–H groups in total. The predicted octanol–water partition coefficient (Wildman–Crippen LogP) is 4.92. The topological polar surface area (TPSA) is 63.2 Å². The van der Waals surface area contributed by atoms with Gasteiger partial charge < -0.3 is 23.7 Å². The number of ether oxygens (including phenoxy) is 5. The van der Waals surface area contributed by atoms with Crippen LogP contribution in [0.2, 0.25) is 0 Å². The Bertz CT molecular complexity index is 1000. The zero-order valence-corrected chi connectivity index (χ0v) is 18.7. The fraction of sp³-hybridized carbons (Fsp3) is 0.346. The van der Waals surface area contributed by atoms with Gasteiger partial charge in [-0.25, -0.2) is 4.79 Å². The molecule has 3 aromatic carbocycles. The quantitative estimate of drug-likeness (QED) is 0.163. The second-order valence-corrected chi connectivity index (χ2v) is 7.17. The van der Waals surface area contributed by atoms with Crippen molar-refractivity contribution in [2.75, 3.05) is 46.2 Å². The first-order valence-corrected chi connectivity index (χ1v) is 10.8. The second-order valence-electron chi connectivity index (χ2n) is 7.17. The molecule has 3 aromatic rings. The second kappa shape index (κ2) is 12.1. The fourth-order valence-corrected chi connectivity index (χ4v) is 3.34. The van der Waals surface area contributed by atoms with Gasteiger partial charge in [-0.2, -0.15) is 0 Å². The summed E-state index contributed by atoms with van der Waals surface area (Å²) >= 11 is 0. The molecule has 0 spiro atoms. The number of carbonyl (C=O) groups is 1. The lowest BCUT2D eigenvalue weighted by Gasteiger charge is -2.17. The number of esters is 1. The molecule has 0 aliphatic heterocycles. The molecule has 0 aromatic heterocycles. The number of fused-ring (bicyclic) bond motifs is 2. The van der Waals surface area contributed by atoms with Crippen molar-refractivity contribution < 1.29 is 28.5 Å². The maximum absolute atomic E-state index is 11.3. The molecular formula is C26H30O6. The van der Waals surface area contributed by atoms with E-state index in [1.807, 2.05) is 31.2 Å². The summed E-state index contributed by atoms with van der Waals surface area (Å²) in [5.41, 5.74) is 0.376. The van der Waals surface area contributed by atoms with E-state index in [1.165, 1.54) is 0 Å². The summed E-state index contributed by atoms with van der Waals surface area (Å²) in [6.07, 6.45) is 0. The third-order valence-corrected chi connectivity index (χ3v) is 4.78. The van der Waals surface area contributed by atoms with E-state index < -0.39 is 5.97 Å². The van der Waals surface area contributed by atoms with Crippen molar-refractivity contribution in [3.05, 3.63) is 60.7 Å². The Kier molecular flexibility index (Phi) is 8.90. The smallest absolute Gasteiger partial charge is 0.333 e. The Morgan fingerprint density at radius 1 is 0.719 bits per heavy atom. The number of carbonyl (C=O) groups excluding carboxylic acids is 1. The summed E-state index contributed by atoms with van der Waals surface area (Å²) in [4.78, 5) is 11.3. The lowest BCUT2D eigenvalue weighted by atomic mass is 10.0. The summed E-state index contributed by atoms with van der Waals surface area (Å²) in [5.74, 6) is 1.31. The molecule has 32 heavy (non-hydrogen) atoms. The van der Waals surface area contributed by atoms with E-state index in [0.717, 1.165) is 33.0 Å². The normalized spacial score (nSPS) is 10.9. The SMILES string of the molecule is C=C(C)C(=O)OCCOCCOCCOc1c2ccccc2c(OCC)c2ccccc12. The highest BCUT2D eigenvalue weighted by Gasteiger charge is 2.15. The first kappa shape index (κ1) is 23.6. The van der Waals surface area contributed by atoms with Crippen molar-refractivity contribution in [1.29, 1.82) is 0 Å². The zero-order chi connectivity index (χ0) is 22.8. The Balaban J connectivity index is 1.52. The van der Waals surface area contributed by atoms with Gasteiger partial charge in [0, 0.05) is 27.1 Å². The van der Waals surface area contributed by atoms with Crippen LogP contribution in [0.3, 0.4) is 0 Å². The molecular weight excluding hydrogens is 408 g/mol. The molecule has 0 saturated heterocycles. The standard InChI is InChI=1S/C26H30O6/c1-4-30-24-20-9-5-7-11-22(20)25(23-12-8-6-10-21(23)24)31-17-15-28-13-14-29-16-18-32-26(27)19(2)3/h5-12H,2,4,13-18H2,1,3H3. The molecule has 0 amide bonds. The number of rotatable bonds is 13. The van der Waals surface area contributed by atoms with Crippen LogP contribution in [0.5, 0.6) is 11.5 Å². The minimum Gasteiger partial charge on any atom is -0.493 e. The molecule has 6 nitrogen and oxygen atoms in total. The first-order valence-electron chi connectivity index (χ1n) is 10.8. The largest absolute Gasteiger partial charge is 0.493 e. The van der Waals surface area contributed by atoms with E-state index in [0.29, 0.717) is 45.2 Å². The maximum atomic E-state index is 11.3. The van der Waals surface area contributed by atoms with Crippen LogP contribution in [0.25, 0.3) is 21.5 Å². The van der Waals surface area contributed by atoms with Crippen molar-refractivity contribution in [1.82, 2.24) is 0 Å². The van der Waals surface area contributed by atoms with Gasteiger partial charge in [0.1, 0.15) is 24.7 Å². The molecule has 0 fully saturated rings. The van der Waals surface area contributed by atoms with Gasteiger partial charge in [0.2, 0.25) is 0 Å². The van der Waals surface area contributed by atoms with Gasteiger partial charge in [0.25, 0.3) is 0 Å². The molecule has 0 bridgehead atoms. The van der Waals surface area contributed by atoms with Crippen LogP contribution < -0.4 is 9.47 Å². The van der Waals surface area contributed by atoms with Crippen LogP contribution in [0, 0.1) is 0 Å². The molecule has 0 aliphatic rings. The fourth-order valence-electron chi connectivity index (χ4n) is 3.34. The van der Waals surface area contributed by atoms with Crippen LogP contribution in [-0.4, -0.2) is 52.2 Å². The monoisotopic (exact) mass is 438 g/mol. The van der Waals surface area contributed by atoms with Gasteiger partial charge in [0.15, 0.2) is 0 Å². The van der Waals surface area contributed by atoms with Crippen LogP contribution in [-0.2, 0) is 19.0 Å². The molecule has 0 aliphatic carbocycles. The van der Waals surface area contributed by atoms with Gasteiger partial charge in [-0.15, -0.1) is 0 Å². The van der Waals surface area contributed by atoms with Gasteiger partial charge in [-0.3, -0.25) is 0 Å². The summed E-state index contributed by atoms with van der Waals surface area (Å²) in [6.45, 7) is 9.95. The van der Waals surface area contributed by atoms with E-state index in [1.54, 1.807) is 6.92 Å². The average molecular weight is 439 g/mol.